The van der Waals surface area contributed by atoms with Crippen molar-refractivity contribution in [2.24, 2.45) is 0 Å². The zero-order valence-corrected chi connectivity index (χ0v) is 12.9. The Morgan fingerprint density at radius 3 is 2.67 bits per heavy atom. The number of nitrogens with zero attached hydrogens (tertiary/aromatic N) is 1. The van der Waals surface area contributed by atoms with Gasteiger partial charge in [-0.2, -0.15) is 0 Å². The maximum atomic E-state index is 12.0. The van der Waals surface area contributed by atoms with Crippen LogP contribution in [-0.4, -0.2) is 31.2 Å². The van der Waals surface area contributed by atoms with Gasteiger partial charge in [-0.3, -0.25) is 4.79 Å². The van der Waals surface area contributed by atoms with E-state index in [1.54, 1.807) is 12.6 Å². The van der Waals surface area contributed by atoms with E-state index in [-0.39, 0.29) is 5.91 Å². The van der Waals surface area contributed by atoms with E-state index < -0.39 is 0 Å². The number of amides is 1. The van der Waals surface area contributed by atoms with E-state index in [2.05, 4.69) is 10.3 Å². The van der Waals surface area contributed by atoms with Crippen molar-refractivity contribution in [2.75, 3.05) is 20.3 Å². The molecule has 1 aromatic heterocycles. The third-order valence-electron chi connectivity index (χ3n) is 2.90. The number of aromatic nitrogens is 1. The van der Waals surface area contributed by atoms with Gasteiger partial charge in [0.05, 0.1) is 24.9 Å². The molecule has 0 aliphatic rings. The number of benzene rings is 1. The molecule has 5 nitrogen and oxygen atoms in total. The number of aryl methyl sites for hydroxylation is 1. The van der Waals surface area contributed by atoms with Crippen LogP contribution in [0.25, 0.3) is 0 Å². The summed E-state index contributed by atoms with van der Waals surface area (Å²) in [5.74, 6) is 1.44. The molecule has 6 heteroatoms. The second kappa shape index (κ2) is 7.64. The normalized spacial score (nSPS) is 10.2. The van der Waals surface area contributed by atoms with Crippen LogP contribution >= 0.6 is 11.3 Å². The lowest BCUT2D eigenvalue weighted by atomic mass is 10.3. The maximum absolute atomic E-state index is 12.0. The van der Waals surface area contributed by atoms with Gasteiger partial charge in [-0.1, -0.05) is 6.92 Å². The first-order valence-corrected chi connectivity index (χ1v) is 7.60. The minimum Gasteiger partial charge on any atom is -0.497 e. The molecule has 0 fully saturated rings. The highest BCUT2D eigenvalue weighted by atomic mass is 32.1. The van der Waals surface area contributed by atoms with Gasteiger partial charge in [0.2, 0.25) is 0 Å². The molecule has 2 rings (SSSR count). The fraction of sp³-hybridized carbons (Fsp3) is 0.333. The second-order valence-corrected chi connectivity index (χ2v) is 5.12. The summed E-state index contributed by atoms with van der Waals surface area (Å²) in [7, 11) is 1.62. The first-order valence-electron chi connectivity index (χ1n) is 6.72. The van der Waals surface area contributed by atoms with Crippen LogP contribution in [0.15, 0.2) is 29.8 Å². The van der Waals surface area contributed by atoms with Crippen molar-refractivity contribution in [1.82, 2.24) is 10.3 Å². The molecule has 0 unspecified atom stereocenters. The third-order valence-corrected chi connectivity index (χ3v) is 3.77. The zero-order valence-electron chi connectivity index (χ0n) is 12.1. The van der Waals surface area contributed by atoms with E-state index in [0.717, 1.165) is 23.6 Å². The molecule has 0 spiro atoms. The predicted molar refractivity (Wildman–Crippen MR) is 82.3 cm³/mol. The summed E-state index contributed by atoms with van der Waals surface area (Å²) in [6, 6.07) is 7.33. The van der Waals surface area contributed by atoms with Gasteiger partial charge in [0.1, 0.15) is 23.0 Å². The molecule has 1 N–H and O–H groups in total. The van der Waals surface area contributed by atoms with E-state index in [1.807, 2.05) is 31.2 Å². The molecule has 2 aromatic rings. The van der Waals surface area contributed by atoms with E-state index >= 15 is 0 Å². The van der Waals surface area contributed by atoms with Gasteiger partial charge in [-0.25, -0.2) is 4.98 Å². The number of methoxy groups -OCH3 is 1. The molecule has 0 aliphatic carbocycles. The molecule has 0 saturated heterocycles. The van der Waals surface area contributed by atoms with Gasteiger partial charge in [-0.05, 0) is 30.7 Å². The van der Waals surface area contributed by atoms with Crippen molar-refractivity contribution >= 4 is 17.2 Å². The number of thiazole rings is 1. The van der Waals surface area contributed by atoms with E-state index in [9.17, 15) is 4.79 Å². The van der Waals surface area contributed by atoms with Crippen molar-refractivity contribution in [3.05, 3.63) is 40.3 Å². The Balaban J connectivity index is 1.75. The molecular weight excluding hydrogens is 288 g/mol. The van der Waals surface area contributed by atoms with Crippen LogP contribution in [0.2, 0.25) is 0 Å². The van der Waals surface area contributed by atoms with E-state index in [0.29, 0.717) is 18.0 Å². The summed E-state index contributed by atoms with van der Waals surface area (Å²) in [6.45, 7) is 2.85. The highest BCUT2D eigenvalue weighted by Gasteiger charge is 2.12. The SMILES string of the molecule is CCc1ncsc1C(=O)NCCOc1ccc(OC)cc1. The second-order valence-electron chi connectivity index (χ2n) is 4.26. The van der Waals surface area contributed by atoms with Crippen molar-refractivity contribution in [3.63, 3.8) is 0 Å². The number of carbonyl (C=O) groups is 1. The van der Waals surface area contributed by atoms with Gasteiger partial charge in [-0.15, -0.1) is 11.3 Å². The largest absolute Gasteiger partial charge is 0.497 e. The molecule has 1 heterocycles. The fourth-order valence-corrected chi connectivity index (χ4v) is 2.59. The molecule has 1 aromatic carbocycles. The number of hydrogen-bond donors (Lipinski definition) is 1. The maximum Gasteiger partial charge on any atom is 0.263 e. The van der Waals surface area contributed by atoms with E-state index in [1.165, 1.54) is 11.3 Å². The Morgan fingerprint density at radius 2 is 2.00 bits per heavy atom. The van der Waals surface area contributed by atoms with Crippen LogP contribution in [0.3, 0.4) is 0 Å². The van der Waals surface area contributed by atoms with Crippen molar-refractivity contribution in [1.29, 1.82) is 0 Å². The molecule has 21 heavy (non-hydrogen) atoms. The van der Waals surface area contributed by atoms with Gasteiger partial charge >= 0.3 is 0 Å². The van der Waals surface area contributed by atoms with Crippen LogP contribution in [0.4, 0.5) is 0 Å². The molecule has 0 saturated carbocycles. The van der Waals surface area contributed by atoms with Crippen molar-refractivity contribution in [2.45, 2.75) is 13.3 Å². The minimum absolute atomic E-state index is 0.0901. The van der Waals surface area contributed by atoms with Crippen LogP contribution in [-0.2, 0) is 6.42 Å². The minimum atomic E-state index is -0.0901. The van der Waals surface area contributed by atoms with Gasteiger partial charge in [0.25, 0.3) is 5.91 Å². The Bertz CT molecular complexity index is 581. The number of rotatable bonds is 7. The smallest absolute Gasteiger partial charge is 0.263 e. The Kier molecular flexibility index (Phi) is 5.57. The first kappa shape index (κ1) is 15.3. The van der Waals surface area contributed by atoms with Gasteiger partial charge in [0.15, 0.2) is 0 Å². The van der Waals surface area contributed by atoms with Crippen molar-refractivity contribution < 1.29 is 14.3 Å². The number of hydrogen-bond acceptors (Lipinski definition) is 5. The molecule has 0 bridgehead atoms. The summed E-state index contributed by atoms with van der Waals surface area (Å²) in [5.41, 5.74) is 2.54. The zero-order chi connectivity index (χ0) is 15.1. The topological polar surface area (TPSA) is 60.5 Å². The molecule has 0 aliphatic heterocycles. The highest BCUT2D eigenvalue weighted by Crippen LogP contribution is 2.17. The summed E-state index contributed by atoms with van der Waals surface area (Å²) in [4.78, 5) is 16.8. The number of ether oxygens (including phenoxy) is 2. The molecular formula is C15H18N2O3S. The summed E-state index contributed by atoms with van der Waals surface area (Å²) in [5, 5.41) is 2.83. The fourth-order valence-electron chi connectivity index (χ4n) is 1.79. The highest BCUT2D eigenvalue weighted by molar-refractivity contribution is 7.11. The molecule has 112 valence electrons. The van der Waals surface area contributed by atoms with Crippen LogP contribution in [0.1, 0.15) is 22.3 Å². The Hall–Kier alpha value is -2.08. The summed E-state index contributed by atoms with van der Waals surface area (Å²) in [6.07, 6.45) is 0.759. The third kappa shape index (κ3) is 4.19. The quantitative estimate of drug-likeness (QED) is 0.799. The molecule has 0 radical (unpaired) electrons. The Labute approximate surface area is 127 Å². The summed E-state index contributed by atoms with van der Waals surface area (Å²) >= 11 is 1.36. The molecule has 0 atom stereocenters. The monoisotopic (exact) mass is 306 g/mol. The van der Waals surface area contributed by atoms with Crippen LogP contribution < -0.4 is 14.8 Å². The standard InChI is InChI=1S/C15H18N2O3S/c1-3-13-14(21-10-17-13)15(18)16-8-9-20-12-6-4-11(19-2)5-7-12/h4-7,10H,3,8-9H2,1-2H3,(H,16,18). The van der Waals surface area contributed by atoms with E-state index in [4.69, 9.17) is 9.47 Å². The van der Waals surface area contributed by atoms with Crippen LogP contribution in [0.5, 0.6) is 11.5 Å². The molecule has 1 amide bonds. The Morgan fingerprint density at radius 1 is 1.29 bits per heavy atom. The lowest BCUT2D eigenvalue weighted by Gasteiger charge is -2.08. The van der Waals surface area contributed by atoms with Crippen LogP contribution in [0, 0.1) is 0 Å². The van der Waals surface area contributed by atoms with Gasteiger partial charge in [0, 0.05) is 0 Å². The average Bonchev–Trinajstić information content (AvgIpc) is 3.00. The number of nitrogens with one attached hydrogen (secondary N) is 1. The lowest BCUT2D eigenvalue weighted by Crippen LogP contribution is -2.28. The van der Waals surface area contributed by atoms with Crippen molar-refractivity contribution in [3.8, 4) is 11.5 Å². The average molecular weight is 306 g/mol. The lowest BCUT2D eigenvalue weighted by molar-refractivity contribution is 0.0950. The first-order chi connectivity index (χ1) is 10.2. The number of carbonyl (C=O) groups excluding carboxylic acids is 1. The van der Waals surface area contributed by atoms with Gasteiger partial charge < -0.3 is 14.8 Å². The summed E-state index contributed by atoms with van der Waals surface area (Å²) < 4.78 is 10.6. The predicted octanol–water partition coefficient (Wildman–Crippen LogP) is 2.52.